The van der Waals surface area contributed by atoms with E-state index < -0.39 is 35.6 Å². The van der Waals surface area contributed by atoms with Gasteiger partial charge in [-0.3, -0.25) is 14.4 Å². The van der Waals surface area contributed by atoms with E-state index in [0.717, 1.165) is 16.2 Å². The fourth-order valence-electron chi connectivity index (χ4n) is 5.40. The summed E-state index contributed by atoms with van der Waals surface area (Å²) in [7, 11) is 0. The van der Waals surface area contributed by atoms with Crippen molar-refractivity contribution >= 4 is 40.9 Å². The van der Waals surface area contributed by atoms with Crippen LogP contribution in [-0.4, -0.2) is 29.8 Å². The highest BCUT2D eigenvalue weighted by molar-refractivity contribution is 6.25. The summed E-state index contributed by atoms with van der Waals surface area (Å²) in [4.78, 5) is 43.9. The molecule has 3 aromatic carbocycles. The number of amides is 3. The number of rotatable bonds is 3. The number of anilines is 3. The van der Waals surface area contributed by atoms with Gasteiger partial charge < -0.3 is 10.2 Å². The normalized spacial score (nSPS) is 24.6. The van der Waals surface area contributed by atoms with Crippen molar-refractivity contribution in [2.45, 2.75) is 12.1 Å². The van der Waals surface area contributed by atoms with Gasteiger partial charge in [-0.1, -0.05) is 48.6 Å². The lowest BCUT2D eigenvalue weighted by Crippen LogP contribution is -2.50. The summed E-state index contributed by atoms with van der Waals surface area (Å²) in [5, 5.41) is 2.92. The molecule has 6 nitrogen and oxygen atoms in total. The molecule has 168 valence electrons. The standard InChI is InChI=1S/C27H20FN3O3/c28-17-11-13-19(14-12-17)30-26(33)22-21-15-10-16-6-4-5-9-20(16)31(21)24(23(22)27(30)34)25(32)29-18-7-2-1-3-8-18/h1-15,21-24H,(H,29,32)/t21-,22-,23-,24-/m1/s1. The largest absolute Gasteiger partial charge is 0.351 e. The molecule has 7 heteroatoms. The number of imide groups is 1. The van der Waals surface area contributed by atoms with E-state index in [1.54, 1.807) is 12.1 Å². The Morgan fingerprint density at radius 1 is 0.824 bits per heavy atom. The van der Waals surface area contributed by atoms with Crippen molar-refractivity contribution in [3.8, 4) is 0 Å². The van der Waals surface area contributed by atoms with Crippen molar-refractivity contribution in [3.63, 3.8) is 0 Å². The van der Waals surface area contributed by atoms with Crippen LogP contribution in [0.1, 0.15) is 5.56 Å². The predicted octanol–water partition coefficient (Wildman–Crippen LogP) is 3.85. The Hall–Kier alpha value is -4.26. The van der Waals surface area contributed by atoms with E-state index in [1.165, 1.54) is 24.3 Å². The zero-order chi connectivity index (χ0) is 23.4. The first-order valence-corrected chi connectivity index (χ1v) is 11.1. The Labute approximate surface area is 195 Å². The van der Waals surface area contributed by atoms with Gasteiger partial charge in [-0.25, -0.2) is 9.29 Å². The van der Waals surface area contributed by atoms with E-state index >= 15 is 0 Å². The maximum absolute atomic E-state index is 13.7. The second kappa shape index (κ2) is 7.66. The fourth-order valence-corrected chi connectivity index (χ4v) is 5.40. The summed E-state index contributed by atoms with van der Waals surface area (Å²) in [6.45, 7) is 0. The van der Waals surface area contributed by atoms with E-state index in [4.69, 9.17) is 0 Å². The minimum atomic E-state index is -0.886. The summed E-state index contributed by atoms with van der Waals surface area (Å²) in [6.07, 6.45) is 3.83. The minimum absolute atomic E-state index is 0.305. The first-order valence-electron chi connectivity index (χ1n) is 11.1. The first-order chi connectivity index (χ1) is 16.5. The monoisotopic (exact) mass is 453 g/mol. The lowest BCUT2D eigenvalue weighted by Gasteiger charge is -2.36. The molecular formula is C27H20FN3O3. The van der Waals surface area contributed by atoms with Gasteiger partial charge in [-0.15, -0.1) is 0 Å². The third kappa shape index (κ3) is 2.97. The molecule has 0 aromatic heterocycles. The molecule has 34 heavy (non-hydrogen) atoms. The Kier molecular flexibility index (Phi) is 4.58. The van der Waals surface area contributed by atoms with Gasteiger partial charge in [0.15, 0.2) is 0 Å². The van der Waals surface area contributed by atoms with Crippen LogP contribution in [0.4, 0.5) is 21.5 Å². The molecule has 0 aliphatic carbocycles. The van der Waals surface area contributed by atoms with Gasteiger partial charge >= 0.3 is 0 Å². The van der Waals surface area contributed by atoms with Crippen molar-refractivity contribution in [2.75, 3.05) is 15.1 Å². The molecule has 0 radical (unpaired) electrons. The average molecular weight is 453 g/mol. The summed E-state index contributed by atoms with van der Waals surface area (Å²) in [5.74, 6) is -3.24. The van der Waals surface area contributed by atoms with Crippen LogP contribution in [0.3, 0.4) is 0 Å². The topological polar surface area (TPSA) is 69.7 Å². The predicted molar refractivity (Wildman–Crippen MR) is 126 cm³/mol. The maximum Gasteiger partial charge on any atom is 0.247 e. The van der Waals surface area contributed by atoms with Crippen LogP contribution < -0.4 is 15.1 Å². The van der Waals surface area contributed by atoms with Crippen LogP contribution in [0.5, 0.6) is 0 Å². The number of benzene rings is 3. The van der Waals surface area contributed by atoms with E-state index in [0.29, 0.717) is 11.4 Å². The molecule has 4 atom stereocenters. The van der Waals surface area contributed by atoms with Crippen molar-refractivity contribution < 1.29 is 18.8 Å². The Morgan fingerprint density at radius 2 is 1.50 bits per heavy atom. The number of carbonyl (C=O) groups excluding carboxylic acids is 3. The molecule has 0 saturated carbocycles. The smallest absolute Gasteiger partial charge is 0.247 e. The van der Waals surface area contributed by atoms with Gasteiger partial charge in [0.1, 0.15) is 11.9 Å². The number of fused-ring (bicyclic) bond motifs is 5. The maximum atomic E-state index is 13.7. The number of para-hydroxylation sites is 2. The van der Waals surface area contributed by atoms with Crippen molar-refractivity contribution in [1.82, 2.24) is 0 Å². The highest BCUT2D eigenvalue weighted by atomic mass is 19.1. The van der Waals surface area contributed by atoms with E-state index in [-0.39, 0.29) is 11.8 Å². The number of nitrogens with zero attached hydrogens (tertiary/aromatic N) is 2. The first kappa shape index (κ1) is 20.4. The average Bonchev–Trinajstić information content (AvgIpc) is 3.33. The molecular weight excluding hydrogens is 433 g/mol. The van der Waals surface area contributed by atoms with Crippen LogP contribution in [0.25, 0.3) is 6.08 Å². The second-order valence-corrected chi connectivity index (χ2v) is 8.66. The van der Waals surface area contributed by atoms with Crippen LogP contribution >= 0.6 is 0 Å². The molecule has 6 rings (SSSR count). The third-order valence-electron chi connectivity index (χ3n) is 6.81. The van der Waals surface area contributed by atoms with Gasteiger partial charge in [0.05, 0.1) is 23.6 Å². The number of nitrogens with one attached hydrogen (secondary N) is 1. The summed E-state index contributed by atoms with van der Waals surface area (Å²) < 4.78 is 13.5. The Bertz CT molecular complexity index is 1340. The van der Waals surface area contributed by atoms with E-state index in [1.807, 2.05) is 59.5 Å². The summed E-state index contributed by atoms with van der Waals surface area (Å²) >= 11 is 0. The Morgan fingerprint density at radius 3 is 2.26 bits per heavy atom. The highest BCUT2D eigenvalue weighted by Gasteiger charge is 2.64. The van der Waals surface area contributed by atoms with Gasteiger partial charge in [0.2, 0.25) is 17.7 Å². The van der Waals surface area contributed by atoms with E-state index in [9.17, 15) is 18.8 Å². The SMILES string of the molecule is O=C(Nc1ccccc1)[C@H]1[C@@H]2C(=O)N(c3ccc(F)cc3)C(=O)[C@@H]2[C@H]2C=Cc3ccccc3N21. The van der Waals surface area contributed by atoms with Crippen LogP contribution in [-0.2, 0) is 14.4 Å². The lowest BCUT2D eigenvalue weighted by molar-refractivity contribution is -0.126. The second-order valence-electron chi connectivity index (χ2n) is 8.66. The molecule has 3 heterocycles. The Balaban J connectivity index is 1.44. The number of hydrogen-bond donors (Lipinski definition) is 1. The molecule has 1 N–H and O–H groups in total. The molecule has 0 spiro atoms. The van der Waals surface area contributed by atoms with Crippen molar-refractivity contribution in [3.05, 3.63) is 96.3 Å². The van der Waals surface area contributed by atoms with Crippen LogP contribution in [0.15, 0.2) is 84.9 Å². The number of halogens is 1. The number of carbonyl (C=O) groups is 3. The zero-order valence-electron chi connectivity index (χ0n) is 18.0. The quantitative estimate of drug-likeness (QED) is 0.612. The molecule has 3 amide bonds. The zero-order valence-corrected chi connectivity index (χ0v) is 18.0. The summed E-state index contributed by atoms with van der Waals surface area (Å²) in [5.41, 5.74) is 2.65. The van der Waals surface area contributed by atoms with Gasteiger partial charge in [-0.05, 0) is 48.0 Å². The van der Waals surface area contributed by atoms with Gasteiger partial charge in [-0.2, -0.15) is 0 Å². The van der Waals surface area contributed by atoms with Crippen molar-refractivity contribution in [2.24, 2.45) is 11.8 Å². The van der Waals surface area contributed by atoms with Gasteiger partial charge in [0, 0.05) is 11.4 Å². The van der Waals surface area contributed by atoms with Crippen LogP contribution in [0.2, 0.25) is 0 Å². The molecule has 3 aliphatic heterocycles. The minimum Gasteiger partial charge on any atom is -0.351 e. The van der Waals surface area contributed by atoms with Crippen LogP contribution in [0, 0.1) is 17.7 Å². The molecule has 0 unspecified atom stereocenters. The number of hydrogen-bond acceptors (Lipinski definition) is 4. The highest BCUT2D eigenvalue weighted by Crippen LogP contribution is 2.49. The third-order valence-corrected chi connectivity index (χ3v) is 6.81. The molecule has 2 saturated heterocycles. The summed E-state index contributed by atoms with van der Waals surface area (Å²) in [6, 6.07) is 20.6. The molecule has 3 aromatic rings. The van der Waals surface area contributed by atoms with E-state index in [2.05, 4.69) is 5.32 Å². The lowest BCUT2D eigenvalue weighted by atomic mass is 9.88. The molecule has 2 fully saturated rings. The van der Waals surface area contributed by atoms with Gasteiger partial charge in [0.25, 0.3) is 0 Å². The molecule has 0 bridgehead atoms. The molecule has 3 aliphatic rings. The van der Waals surface area contributed by atoms with Crippen molar-refractivity contribution in [1.29, 1.82) is 0 Å². The fraction of sp³-hybridized carbons (Fsp3) is 0.148.